The van der Waals surface area contributed by atoms with Crippen molar-refractivity contribution in [1.82, 2.24) is 14.9 Å². The first-order chi connectivity index (χ1) is 12.1. The minimum Gasteiger partial charge on any atom is -0.464 e. The number of fused-ring (bicyclic) bond motifs is 1. The zero-order valence-corrected chi connectivity index (χ0v) is 14.7. The maximum absolute atomic E-state index is 12.8. The number of nitrogens with one attached hydrogen (secondary N) is 1. The summed E-state index contributed by atoms with van der Waals surface area (Å²) in [5.74, 6) is 1.46. The number of amides is 1. The van der Waals surface area contributed by atoms with Crippen molar-refractivity contribution >= 4 is 16.9 Å². The molecule has 2 aromatic heterocycles. The molecule has 3 heterocycles. The molecule has 5 nitrogen and oxygen atoms in total. The van der Waals surface area contributed by atoms with Crippen LogP contribution in [0.5, 0.6) is 0 Å². The summed E-state index contributed by atoms with van der Waals surface area (Å²) in [4.78, 5) is 22.5. The molecule has 1 unspecified atom stereocenters. The van der Waals surface area contributed by atoms with Crippen molar-refractivity contribution in [3.05, 3.63) is 53.3 Å². The quantitative estimate of drug-likeness (QED) is 0.792. The van der Waals surface area contributed by atoms with Gasteiger partial charge < -0.3 is 14.3 Å². The highest BCUT2D eigenvalue weighted by Gasteiger charge is 2.27. The van der Waals surface area contributed by atoms with Crippen LogP contribution in [0.15, 0.2) is 35.1 Å². The normalized spacial score (nSPS) is 18.0. The maximum atomic E-state index is 12.8. The van der Waals surface area contributed by atoms with Gasteiger partial charge in [0.25, 0.3) is 0 Å². The fourth-order valence-corrected chi connectivity index (χ4v) is 3.67. The number of furan rings is 1. The first-order valence-corrected chi connectivity index (χ1v) is 8.86. The molecule has 5 heteroatoms. The average molecular weight is 337 g/mol. The molecule has 4 rings (SSSR count). The lowest BCUT2D eigenvalue weighted by atomic mass is 9.96. The summed E-state index contributed by atoms with van der Waals surface area (Å²) < 4.78 is 5.63. The molecule has 0 radical (unpaired) electrons. The Morgan fingerprint density at radius 2 is 2.28 bits per heavy atom. The van der Waals surface area contributed by atoms with E-state index in [-0.39, 0.29) is 5.91 Å². The summed E-state index contributed by atoms with van der Waals surface area (Å²) in [6.45, 7) is 5.61. The number of benzene rings is 1. The number of aromatic nitrogens is 2. The highest BCUT2D eigenvalue weighted by atomic mass is 16.3. The van der Waals surface area contributed by atoms with Crippen molar-refractivity contribution in [3.8, 4) is 0 Å². The van der Waals surface area contributed by atoms with Gasteiger partial charge in [-0.15, -0.1) is 0 Å². The van der Waals surface area contributed by atoms with Crippen molar-refractivity contribution in [2.24, 2.45) is 0 Å². The molecule has 0 bridgehead atoms. The zero-order chi connectivity index (χ0) is 17.4. The number of aryl methyl sites for hydroxylation is 2. The van der Waals surface area contributed by atoms with Crippen LogP contribution in [-0.2, 0) is 11.2 Å². The monoisotopic (exact) mass is 337 g/mol. The minimum atomic E-state index is 0.163. The van der Waals surface area contributed by atoms with Crippen molar-refractivity contribution in [2.45, 2.75) is 39.0 Å². The highest BCUT2D eigenvalue weighted by molar-refractivity contribution is 5.88. The van der Waals surface area contributed by atoms with E-state index in [0.717, 1.165) is 59.5 Å². The first-order valence-electron chi connectivity index (χ1n) is 8.86. The zero-order valence-electron chi connectivity index (χ0n) is 14.7. The third-order valence-electron chi connectivity index (χ3n) is 5.04. The fourth-order valence-electron chi connectivity index (χ4n) is 3.67. The maximum Gasteiger partial charge on any atom is 0.227 e. The van der Waals surface area contributed by atoms with E-state index in [1.54, 1.807) is 6.26 Å². The summed E-state index contributed by atoms with van der Waals surface area (Å²) >= 11 is 0. The van der Waals surface area contributed by atoms with Gasteiger partial charge in [-0.3, -0.25) is 4.79 Å². The predicted octanol–water partition coefficient (Wildman–Crippen LogP) is 3.72. The van der Waals surface area contributed by atoms with Crippen molar-refractivity contribution in [3.63, 3.8) is 0 Å². The topological polar surface area (TPSA) is 62.1 Å². The molecule has 1 aliphatic rings. The van der Waals surface area contributed by atoms with Crippen molar-refractivity contribution in [1.29, 1.82) is 0 Å². The van der Waals surface area contributed by atoms with E-state index < -0.39 is 0 Å². The van der Waals surface area contributed by atoms with Crippen LogP contribution in [0, 0.1) is 13.8 Å². The van der Waals surface area contributed by atoms with Crippen LogP contribution in [0.2, 0.25) is 0 Å². The van der Waals surface area contributed by atoms with Crippen LogP contribution >= 0.6 is 0 Å². The number of carbonyl (C=O) groups is 1. The Balaban J connectivity index is 1.48. The molecule has 1 aliphatic heterocycles. The van der Waals surface area contributed by atoms with E-state index in [9.17, 15) is 4.79 Å². The largest absolute Gasteiger partial charge is 0.464 e. The van der Waals surface area contributed by atoms with Crippen molar-refractivity contribution in [2.75, 3.05) is 13.1 Å². The Hall–Kier alpha value is -2.56. The number of carbonyl (C=O) groups excluding carboxylic acids is 1. The first kappa shape index (κ1) is 15.9. The number of hydrogen-bond donors (Lipinski definition) is 1. The number of hydrogen-bond acceptors (Lipinski definition) is 3. The lowest BCUT2D eigenvalue weighted by Crippen LogP contribution is -2.40. The summed E-state index contributed by atoms with van der Waals surface area (Å²) in [5, 5.41) is 1.04. The Bertz CT molecular complexity index is 909. The Kier molecular flexibility index (Phi) is 4.07. The van der Waals surface area contributed by atoms with Crippen LogP contribution in [-0.4, -0.2) is 33.9 Å². The number of piperidine rings is 1. The molecule has 0 saturated carbocycles. The van der Waals surface area contributed by atoms with Gasteiger partial charge in [0.15, 0.2) is 0 Å². The lowest BCUT2D eigenvalue weighted by Gasteiger charge is -2.32. The Morgan fingerprint density at radius 1 is 1.40 bits per heavy atom. The van der Waals surface area contributed by atoms with E-state index in [2.05, 4.69) is 16.0 Å². The molecule has 1 fully saturated rings. The predicted molar refractivity (Wildman–Crippen MR) is 96.5 cm³/mol. The van der Waals surface area contributed by atoms with Crippen LogP contribution in [0.4, 0.5) is 0 Å². The molecule has 3 aromatic rings. The standard InChI is InChI=1S/C20H23N3O2/c1-13-5-6-17-16(12-25-18(17)8-13)9-19(24)23-7-3-4-15(11-23)20-21-10-14(2)22-20/h5-6,8,10,12,15H,3-4,7,9,11H2,1-2H3,(H,21,22). The number of nitrogens with zero attached hydrogens (tertiary/aromatic N) is 2. The number of likely N-dealkylation sites (tertiary alicyclic amines) is 1. The van der Waals surface area contributed by atoms with Crippen LogP contribution in [0.1, 0.15) is 41.4 Å². The smallest absolute Gasteiger partial charge is 0.227 e. The number of H-pyrrole nitrogens is 1. The molecule has 1 saturated heterocycles. The lowest BCUT2D eigenvalue weighted by molar-refractivity contribution is -0.131. The third kappa shape index (κ3) is 3.18. The molecule has 1 N–H and O–H groups in total. The summed E-state index contributed by atoms with van der Waals surface area (Å²) in [6.07, 6.45) is 6.06. The Morgan fingerprint density at radius 3 is 3.08 bits per heavy atom. The molecule has 1 atom stereocenters. The summed E-state index contributed by atoms with van der Waals surface area (Å²) in [5.41, 5.74) is 4.05. The molecule has 1 aromatic carbocycles. The highest BCUT2D eigenvalue weighted by Crippen LogP contribution is 2.27. The van der Waals surface area contributed by atoms with E-state index in [4.69, 9.17) is 4.42 Å². The van der Waals surface area contributed by atoms with Gasteiger partial charge in [-0.25, -0.2) is 4.98 Å². The Labute approximate surface area is 147 Å². The van der Waals surface area contributed by atoms with Gasteiger partial charge in [0.1, 0.15) is 11.4 Å². The molecule has 130 valence electrons. The summed E-state index contributed by atoms with van der Waals surface area (Å²) in [6, 6.07) is 6.11. The van der Waals surface area contributed by atoms with Gasteiger partial charge in [0, 0.05) is 41.8 Å². The van der Waals surface area contributed by atoms with Gasteiger partial charge >= 0.3 is 0 Å². The van der Waals surface area contributed by atoms with E-state index in [1.165, 1.54) is 0 Å². The third-order valence-corrected chi connectivity index (χ3v) is 5.04. The number of rotatable bonds is 3. The molecule has 0 spiro atoms. The second-order valence-electron chi connectivity index (χ2n) is 7.07. The molecular weight excluding hydrogens is 314 g/mol. The molecular formula is C20H23N3O2. The second kappa shape index (κ2) is 6.39. The van der Waals surface area contributed by atoms with Crippen LogP contribution in [0.3, 0.4) is 0 Å². The van der Waals surface area contributed by atoms with Crippen LogP contribution in [0.25, 0.3) is 11.0 Å². The number of aromatic amines is 1. The van der Waals surface area contributed by atoms with Gasteiger partial charge in [0.05, 0.1) is 12.7 Å². The fraction of sp³-hybridized carbons (Fsp3) is 0.400. The molecule has 1 amide bonds. The van der Waals surface area contributed by atoms with Gasteiger partial charge in [-0.05, 0) is 38.3 Å². The van der Waals surface area contributed by atoms with Gasteiger partial charge in [-0.2, -0.15) is 0 Å². The van der Waals surface area contributed by atoms with Crippen molar-refractivity contribution < 1.29 is 9.21 Å². The molecule has 0 aliphatic carbocycles. The number of imidazole rings is 1. The van der Waals surface area contributed by atoms with Crippen LogP contribution < -0.4 is 0 Å². The summed E-state index contributed by atoms with van der Waals surface area (Å²) in [7, 11) is 0. The second-order valence-corrected chi connectivity index (χ2v) is 7.07. The van der Waals surface area contributed by atoms with Gasteiger partial charge in [0.2, 0.25) is 5.91 Å². The molecule has 25 heavy (non-hydrogen) atoms. The van der Waals surface area contributed by atoms with Gasteiger partial charge in [-0.1, -0.05) is 12.1 Å². The van der Waals surface area contributed by atoms with E-state index >= 15 is 0 Å². The minimum absolute atomic E-state index is 0.163. The van der Waals surface area contributed by atoms with E-state index in [1.807, 2.05) is 37.1 Å². The van der Waals surface area contributed by atoms with E-state index in [0.29, 0.717) is 12.3 Å². The average Bonchev–Trinajstić information content (AvgIpc) is 3.21. The SMILES string of the molecule is Cc1ccc2c(CC(=O)N3CCCC(c4ncc(C)[nH]4)C3)coc2c1.